The summed E-state index contributed by atoms with van der Waals surface area (Å²) in [6, 6.07) is 0. The molecular formula is C13H23O6P. The van der Waals surface area contributed by atoms with Gasteiger partial charge in [-0.05, 0) is 33.1 Å². The first-order chi connectivity index (χ1) is 9.47. The van der Waals surface area contributed by atoms with E-state index in [0.717, 1.165) is 6.42 Å². The molecule has 0 bridgehead atoms. The van der Waals surface area contributed by atoms with Crippen molar-refractivity contribution in [2.45, 2.75) is 40.5 Å². The van der Waals surface area contributed by atoms with Crippen LogP contribution in [0.25, 0.3) is 0 Å². The summed E-state index contributed by atoms with van der Waals surface area (Å²) in [5.41, 5.74) is 0.437. The Morgan fingerprint density at radius 1 is 1.20 bits per heavy atom. The third-order valence-electron chi connectivity index (χ3n) is 2.89. The summed E-state index contributed by atoms with van der Waals surface area (Å²) < 4.78 is 32.9. The lowest BCUT2D eigenvalue weighted by molar-refractivity contribution is -0.139. The van der Waals surface area contributed by atoms with E-state index in [4.69, 9.17) is 18.3 Å². The van der Waals surface area contributed by atoms with Crippen LogP contribution in [0.1, 0.15) is 40.5 Å². The van der Waals surface area contributed by atoms with Crippen LogP contribution in [0, 0.1) is 5.92 Å². The van der Waals surface area contributed by atoms with Crippen molar-refractivity contribution < 1.29 is 27.7 Å². The van der Waals surface area contributed by atoms with Crippen molar-refractivity contribution in [1.29, 1.82) is 0 Å². The molecule has 0 spiro atoms. The largest absolute Gasteiger partial charge is 0.529 e. The van der Waals surface area contributed by atoms with Crippen molar-refractivity contribution >= 4 is 13.8 Å². The minimum atomic E-state index is -3.66. The minimum Gasteiger partial charge on any atom is -0.463 e. The molecule has 1 aliphatic rings. The Balaban J connectivity index is 2.95. The summed E-state index contributed by atoms with van der Waals surface area (Å²) in [4.78, 5) is 11.9. The van der Waals surface area contributed by atoms with Gasteiger partial charge in [-0.1, -0.05) is 6.92 Å². The average Bonchev–Trinajstić information content (AvgIpc) is 2.71. The lowest BCUT2D eigenvalue weighted by atomic mass is 10.0. The molecule has 0 aromatic heterocycles. The molecule has 0 aromatic rings. The van der Waals surface area contributed by atoms with Gasteiger partial charge in [-0.15, -0.1) is 0 Å². The van der Waals surface area contributed by atoms with Crippen molar-refractivity contribution in [3.63, 3.8) is 0 Å². The van der Waals surface area contributed by atoms with Crippen LogP contribution in [0.5, 0.6) is 0 Å². The highest BCUT2D eigenvalue weighted by molar-refractivity contribution is 7.48. The number of esters is 1. The first kappa shape index (κ1) is 17.2. The van der Waals surface area contributed by atoms with Crippen LogP contribution in [0.15, 0.2) is 11.3 Å². The van der Waals surface area contributed by atoms with Crippen LogP contribution >= 0.6 is 7.82 Å². The summed E-state index contributed by atoms with van der Waals surface area (Å²) in [6.45, 7) is 7.75. The molecule has 0 heterocycles. The summed E-state index contributed by atoms with van der Waals surface area (Å²) in [6.07, 6.45) is 1.28. The van der Waals surface area contributed by atoms with Gasteiger partial charge < -0.3 is 9.26 Å². The molecule has 7 heteroatoms. The van der Waals surface area contributed by atoms with Gasteiger partial charge in [0.25, 0.3) is 0 Å². The van der Waals surface area contributed by atoms with Gasteiger partial charge in [0.2, 0.25) is 0 Å². The number of rotatable bonds is 8. The van der Waals surface area contributed by atoms with E-state index in [0.29, 0.717) is 17.8 Å². The second-order valence-corrected chi connectivity index (χ2v) is 5.96. The Kier molecular flexibility index (Phi) is 6.72. The molecule has 0 N–H and O–H groups in total. The van der Waals surface area contributed by atoms with Crippen molar-refractivity contribution in [1.82, 2.24) is 0 Å². The third kappa shape index (κ3) is 4.33. The van der Waals surface area contributed by atoms with Crippen LogP contribution < -0.4 is 0 Å². The quantitative estimate of drug-likeness (QED) is 0.505. The standard InChI is InChI=1S/C13H23O6P/c1-5-16-13(14)12-10(4)8-9-11(12)19-20(15,17-6-2)18-7-3/h10H,5-9H2,1-4H3/t10-/m1/s1. The first-order valence-corrected chi connectivity index (χ1v) is 8.42. The molecule has 0 radical (unpaired) electrons. The fourth-order valence-corrected chi connectivity index (χ4v) is 3.33. The summed E-state index contributed by atoms with van der Waals surface area (Å²) in [5, 5.41) is 0. The van der Waals surface area contributed by atoms with E-state index in [2.05, 4.69) is 0 Å². The molecule has 0 saturated carbocycles. The molecule has 0 saturated heterocycles. The van der Waals surface area contributed by atoms with Gasteiger partial charge in [-0.3, -0.25) is 9.05 Å². The average molecular weight is 306 g/mol. The number of allylic oxidation sites excluding steroid dienone is 1. The Bertz CT molecular complexity index is 407. The second-order valence-electron chi connectivity index (χ2n) is 4.37. The Morgan fingerprint density at radius 2 is 1.80 bits per heavy atom. The smallest absolute Gasteiger partial charge is 0.463 e. The van der Waals surface area contributed by atoms with Crippen LogP contribution in [0.2, 0.25) is 0 Å². The maximum absolute atomic E-state index is 12.3. The molecule has 0 unspecified atom stereocenters. The van der Waals surface area contributed by atoms with E-state index in [1.165, 1.54) is 0 Å². The lowest BCUT2D eigenvalue weighted by Gasteiger charge is -2.18. The van der Waals surface area contributed by atoms with Gasteiger partial charge in [0, 0.05) is 6.42 Å². The molecule has 20 heavy (non-hydrogen) atoms. The fourth-order valence-electron chi connectivity index (χ4n) is 2.06. The summed E-state index contributed by atoms with van der Waals surface area (Å²) in [7, 11) is -3.66. The van der Waals surface area contributed by atoms with Gasteiger partial charge >= 0.3 is 13.8 Å². The molecule has 1 rings (SSSR count). The molecule has 1 aliphatic carbocycles. The van der Waals surface area contributed by atoms with Crippen LogP contribution in [-0.4, -0.2) is 25.8 Å². The normalized spacial score (nSPS) is 19.3. The fraction of sp³-hybridized carbons (Fsp3) is 0.769. The first-order valence-electron chi connectivity index (χ1n) is 6.96. The molecule has 0 fully saturated rings. The number of hydrogen-bond donors (Lipinski definition) is 0. The van der Waals surface area contributed by atoms with E-state index in [-0.39, 0.29) is 25.7 Å². The summed E-state index contributed by atoms with van der Waals surface area (Å²) >= 11 is 0. The molecule has 0 aliphatic heterocycles. The molecule has 0 amide bonds. The maximum atomic E-state index is 12.3. The van der Waals surface area contributed by atoms with Gasteiger partial charge in [0.15, 0.2) is 0 Å². The number of hydrogen-bond acceptors (Lipinski definition) is 6. The molecular weight excluding hydrogens is 283 g/mol. The number of phosphoric ester groups is 1. The number of carbonyl (C=O) groups is 1. The van der Waals surface area contributed by atoms with Crippen molar-refractivity contribution in [2.75, 3.05) is 19.8 Å². The van der Waals surface area contributed by atoms with Crippen LogP contribution in [0.3, 0.4) is 0 Å². The van der Waals surface area contributed by atoms with E-state index in [1.807, 2.05) is 6.92 Å². The zero-order valence-corrected chi connectivity index (χ0v) is 13.4. The van der Waals surface area contributed by atoms with E-state index in [1.54, 1.807) is 20.8 Å². The Labute approximate surface area is 120 Å². The minimum absolute atomic E-state index is 0.0146. The van der Waals surface area contributed by atoms with Crippen LogP contribution in [-0.2, 0) is 27.7 Å². The van der Waals surface area contributed by atoms with Crippen molar-refractivity contribution in [3.8, 4) is 0 Å². The number of carbonyl (C=O) groups excluding carboxylic acids is 1. The molecule has 116 valence electrons. The van der Waals surface area contributed by atoms with E-state index < -0.39 is 13.8 Å². The Hall–Kier alpha value is -0.840. The molecule has 6 nitrogen and oxygen atoms in total. The zero-order valence-electron chi connectivity index (χ0n) is 12.5. The predicted molar refractivity (Wildman–Crippen MR) is 74.0 cm³/mol. The monoisotopic (exact) mass is 306 g/mol. The highest BCUT2D eigenvalue weighted by Crippen LogP contribution is 2.53. The second kappa shape index (κ2) is 7.81. The van der Waals surface area contributed by atoms with Crippen molar-refractivity contribution in [2.24, 2.45) is 5.92 Å². The van der Waals surface area contributed by atoms with Gasteiger partial charge in [0.05, 0.1) is 25.4 Å². The molecule has 0 aromatic carbocycles. The topological polar surface area (TPSA) is 71.1 Å². The zero-order chi connectivity index (χ0) is 15.2. The Morgan fingerprint density at radius 3 is 2.30 bits per heavy atom. The van der Waals surface area contributed by atoms with E-state index >= 15 is 0 Å². The summed E-state index contributed by atoms with van der Waals surface area (Å²) in [5.74, 6) is -0.0472. The molecule has 1 atom stereocenters. The third-order valence-corrected chi connectivity index (χ3v) is 4.48. The van der Waals surface area contributed by atoms with Gasteiger partial charge in [-0.25, -0.2) is 9.36 Å². The maximum Gasteiger partial charge on any atom is 0.529 e. The lowest BCUT2D eigenvalue weighted by Crippen LogP contribution is -2.13. The van der Waals surface area contributed by atoms with E-state index in [9.17, 15) is 9.36 Å². The number of ether oxygens (including phenoxy) is 1. The van der Waals surface area contributed by atoms with Gasteiger partial charge in [0.1, 0.15) is 5.76 Å². The predicted octanol–water partition coefficient (Wildman–Crippen LogP) is 3.43. The van der Waals surface area contributed by atoms with Crippen LogP contribution in [0.4, 0.5) is 0 Å². The highest BCUT2D eigenvalue weighted by Gasteiger charge is 2.36. The highest BCUT2D eigenvalue weighted by atomic mass is 31.2. The number of phosphoric acid groups is 1. The van der Waals surface area contributed by atoms with Crippen molar-refractivity contribution in [3.05, 3.63) is 11.3 Å². The SMILES string of the molecule is CCOC(=O)C1=C(OP(=O)(OCC)OCC)CC[C@H]1C. The van der Waals surface area contributed by atoms with Gasteiger partial charge in [-0.2, -0.15) is 0 Å².